The van der Waals surface area contributed by atoms with Gasteiger partial charge in [-0.15, -0.1) is 0 Å². The lowest BCUT2D eigenvalue weighted by molar-refractivity contribution is -0.384. The van der Waals surface area contributed by atoms with Gasteiger partial charge in [-0.25, -0.2) is 9.78 Å². The average molecular weight is 262 g/mol. The first-order chi connectivity index (χ1) is 9.04. The summed E-state index contributed by atoms with van der Waals surface area (Å²) in [5.41, 5.74) is -0.270. The molecule has 0 aromatic carbocycles. The van der Waals surface area contributed by atoms with Crippen LogP contribution in [0.15, 0.2) is 12.3 Å². The Hall–Kier alpha value is -2.69. The van der Waals surface area contributed by atoms with Crippen LogP contribution < -0.4 is 4.90 Å². The van der Waals surface area contributed by atoms with Gasteiger partial charge in [-0.2, -0.15) is 5.26 Å². The van der Waals surface area contributed by atoms with Crippen molar-refractivity contribution in [3.05, 3.63) is 27.9 Å². The number of hydrogen-bond donors (Lipinski definition) is 1. The second-order valence-electron chi connectivity index (χ2n) is 4.13. The molecule has 1 saturated heterocycles. The first-order valence-corrected chi connectivity index (χ1v) is 5.58. The normalized spacial score (nSPS) is 18.1. The van der Waals surface area contributed by atoms with Crippen LogP contribution in [0.3, 0.4) is 0 Å². The molecule has 0 aliphatic carbocycles. The molecule has 2 rings (SSSR count). The molecule has 19 heavy (non-hydrogen) atoms. The molecule has 98 valence electrons. The highest BCUT2D eigenvalue weighted by Gasteiger charge is 2.35. The molecule has 1 aliphatic heterocycles. The zero-order valence-corrected chi connectivity index (χ0v) is 9.81. The molecule has 0 amide bonds. The van der Waals surface area contributed by atoms with Crippen molar-refractivity contribution >= 4 is 17.5 Å². The van der Waals surface area contributed by atoms with Crippen LogP contribution in [0, 0.1) is 21.4 Å². The van der Waals surface area contributed by atoms with Gasteiger partial charge in [0.25, 0.3) is 0 Å². The van der Waals surface area contributed by atoms with E-state index in [4.69, 9.17) is 10.4 Å². The largest absolute Gasteiger partial charge is 0.480 e. The molecule has 1 aliphatic rings. The Kier molecular flexibility index (Phi) is 3.29. The van der Waals surface area contributed by atoms with Gasteiger partial charge in [0.15, 0.2) is 0 Å². The molecular formula is C11H10N4O4. The number of nitrogens with zero attached hydrogens (tertiary/aromatic N) is 4. The van der Waals surface area contributed by atoms with E-state index in [0.29, 0.717) is 19.4 Å². The van der Waals surface area contributed by atoms with E-state index in [1.165, 1.54) is 11.1 Å². The van der Waals surface area contributed by atoms with Gasteiger partial charge in [-0.1, -0.05) is 0 Å². The Morgan fingerprint density at radius 1 is 1.68 bits per heavy atom. The SMILES string of the molecule is N#Cc1cnc(N2CCCC2C(=O)O)c([N+](=O)[O-])c1. The van der Waals surface area contributed by atoms with Crippen molar-refractivity contribution in [3.8, 4) is 6.07 Å². The van der Waals surface area contributed by atoms with Crippen molar-refractivity contribution < 1.29 is 14.8 Å². The molecule has 1 aromatic heterocycles. The number of aromatic nitrogens is 1. The summed E-state index contributed by atoms with van der Waals surface area (Å²) in [6.07, 6.45) is 2.27. The summed E-state index contributed by atoms with van der Waals surface area (Å²) < 4.78 is 0. The van der Waals surface area contributed by atoms with E-state index in [1.807, 2.05) is 0 Å². The summed E-state index contributed by atoms with van der Waals surface area (Å²) in [4.78, 5) is 26.7. The summed E-state index contributed by atoms with van der Waals surface area (Å²) in [7, 11) is 0. The number of rotatable bonds is 3. The maximum atomic E-state index is 11.1. The predicted octanol–water partition coefficient (Wildman–Crippen LogP) is 0.915. The van der Waals surface area contributed by atoms with E-state index >= 15 is 0 Å². The molecule has 8 heteroatoms. The summed E-state index contributed by atoms with van der Waals surface area (Å²) in [5.74, 6) is -1.02. The second-order valence-corrected chi connectivity index (χ2v) is 4.13. The standard InChI is InChI=1S/C11H10N4O4/c12-5-7-4-9(15(18)19)10(13-6-7)14-3-1-2-8(14)11(16)17/h4,6,8H,1-3H2,(H,16,17). The minimum Gasteiger partial charge on any atom is -0.480 e. The lowest BCUT2D eigenvalue weighted by atomic mass is 10.2. The quantitative estimate of drug-likeness (QED) is 0.634. The molecule has 0 radical (unpaired) electrons. The van der Waals surface area contributed by atoms with Gasteiger partial charge in [-0.05, 0) is 12.8 Å². The Balaban J connectivity index is 2.47. The highest BCUT2D eigenvalue weighted by Crippen LogP contribution is 2.32. The molecule has 0 bridgehead atoms. The van der Waals surface area contributed by atoms with Crippen LogP contribution >= 0.6 is 0 Å². The summed E-state index contributed by atoms with van der Waals surface area (Å²) in [6.45, 7) is 0.400. The lowest BCUT2D eigenvalue weighted by Gasteiger charge is -2.21. The number of carbonyl (C=O) groups is 1. The Labute approximate surface area is 108 Å². The lowest BCUT2D eigenvalue weighted by Crippen LogP contribution is -2.36. The fourth-order valence-electron chi connectivity index (χ4n) is 2.14. The highest BCUT2D eigenvalue weighted by atomic mass is 16.6. The summed E-state index contributed by atoms with van der Waals surface area (Å²) >= 11 is 0. The Bertz CT molecular complexity index is 581. The minimum atomic E-state index is -1.03. The predicted molar refractivity (Wildman–Crippen MR) is 63.6 cm³/mol. The van der Waals surface area contributed by atoms with Crippen molar-refractivity contribution in [1.29, 1.82) is 5.26 Å². The Morgan fingerprint density at radius 3 is 3.00 bits per heavy atom. The third-order valence-electron chi connectivity index (χ3n) is 2.98. The van der Waals surface area contributed by atoms with Crippen LogP contribution in [0.2, 0.25) is 0 Å². The molecule has 1 unspecified atom stereocenters. The third-order valence-corrected chi connectivity index (χ3v) is 2.98. The van der Waals surface area contributed by atoms with Crippen molar-refractivity contribution in [1.82, 2.24) is 4.98 Å². The number of carboxylic acid groups (broad SMARTS) is 1. The molecule has 8 nitrogen and oxygen atoms in total. The topological polar surface area (TPSA) is 120 Å². The van der Waals surface area contributed by atoms with Crippen molar-refractivity contribution in [2.45, 2.75) is 18.9 Å². The maximum absolute atomic E-state index is 11.1. The summed E-state index contributed by atoms with van der Waals surface area (Å²) in [6, 6.07) is 2.08. The van der Waals surface area contributed by atoms with E-state index in [0.717, 1.165) is 6.07 Å². The first kappa shape index (κ1) is 12.8. The van der Waals surface area contributed by atoms with Crippen LogP contribution in [-0.2, 0) is 4.79 Å². The van der Waals surface area contributed by atoms with Gasteiger partial charge in [0, 0.05) is 18.8 Å². The number of aliphatic carboxylic acids is 1. The fraction of sp³-hybridized carbons (Fsp3) is 0.364. The van der Waals surface area contributed by atoms with Gasteiger partial charge >= 0.3 is 11.7 Å². The van der Waals surface area contributed by atoms with Crippen molar-refractivity contribution in [2.24, 2.45) is 0 Å². The number of pyridine rings is 1. The van der Waals surface area contributed by atoms with E-state index in [2.05, 4.69) is 4.98 Å². The third kappa shape index (κ3) is 2.30. The molecule has 0 spiro atoms. The molecule has 0 saturated carbocycles. The Morgan fingerprint density at radius 2 is 2.42 bits per heavy atom. The van der Waals surface area contributed by atoms with Gasteiger partial charge in [0.1, 0.15) is 12.1 Å². The molecule has 2 heterocycles. The van der Waals surface area contributed by atoms with E-state index < -0.39 is 16.9 Å². The van der Waals surface area contributed by atoms with Crippen molar-refractivity contribution in [2.75, 3.05) is 11.4 Å². The van der Waals surface area contributed by atoms with Crippen LogP contribution in [0.25, 0.3) is 0 Å². The van der Waals surface area contributed by atoms with Gasteiger partial charge in [0.05, 0.1) is 10.5 Å². The smallest absolute Gasteiger partial charge is 0.326 e. The monoisotopic (exact) mass is 262 g/mol. The van der Waals surface area contributed by atoms with Gasteiger partial charge in [0.2, 0.25) is 5.82 Å². The number of nitro groups is 1. The van der Waals surface area contributed by atoms with Gasteiger partial charge < -0.3 is 10.0 Å². The number of carboxylic acids is 1. The van der Waals surface area contributed by atoms with Crippen LogP contribution in [0.4, 0.5) is 11.5 Å². The van der Waals surface area contributed by atoms with Gasteiger partial charge in [-0.3, -0.25) is 10.1 Å². The van der Waals surface area contributed by atoms with E-state index in [-0.39, 0.29) is 17.1 Å². The van der Waals surface area contributed by atoms with Crippen LogP contribution in [0.1, 0.15) is 18.4 Å². The molecule has 1 fully saturated rings. The fourth-order valence-corrected chi connectivity index (χ4v) is 2.14. The minimum absolute atomic E-state index is 0.00824. The summed E-state index contributed by atoms with van der Waals surface area (Å²) in [5, 5.41) is 28.8. The first-order valence-electron chi connectivity index (χ1n) is 5.58. The number of anilines is 1. The van der Waals surface area contributed by atoms with E-state index in [9.17, 15) is 14.9 Å². The highest BCUT2D eigenvalue weighted by molar-refractivity contribution is 5.80. The number of hydrogen-bond acceptors (Lipinski definition) is 6. The average Bonchev–Trinajstić information content (AvgIpc) is 2.87. The zero-order chi connectivity index (χ0) is 14.0. The maximum Gasteiger partial charge on any atom is 0.326 e. The molecule has 1 N–H and O–H groups in total. The van der Waals surface area contributed by atoms with Crippen LogP contribution in [0.5, 0.6) is 0 Å². The molecule has 1 aromatic rings. The van der Waals surface area contributed by atoms with Crippen molar-refractivity contribution in [3.63, 3.8) is 0 Å². The van der Waals surface area contributed by atoms with E-state index in [1.54, 1.807) is 6.07 Å². The second kappa shape index (κ2) is 4.89. The number of nitriles is 1. The zero-order valence-electron chi connectivity index (χ0n) is 9.81. The molecular weight excluding hydrogens is 252 g/mol. The molecule has 1 atom stereocenters. The van der Waals surface area contributed by atoms with Crippen LogP contribution in [-0.4, -0.2) is 33.6 Å².